The number of unbranched alkanes of at least 4 members (excludes halogenated alkanes) is 1. The van der Waals surface area contributed by atoms with Gasteiger partial charge in [0.05, 0.1) is 10.6 Å². The second kappa shape index (κ2) is 8.56. The number of amides is 1. The van der Waals surface area contributed by atoms with Crippen molar-refractivity contribution < 1.29 is 4.79 Å². The van der Waals surface area contributed by atoms with Gasteiger partial charge in [-0.2, -0.15) is 0 Å². The van der Waals surface area contributed by atoms with Crippen molar-refractivity contribution in [3.63, 3.8) is 0 Å². The molecule has 0 fully saturated rings. The quantitative estimate of drug-likeness (QED) is 0.441. The van der Waals surface area contributed by atoms with Crippen LogP contribution >= 0.6 is 23.2 Å². The molecule has 0 saturated carbocycles. The Morgan fingerprint density at radius 3 is 2.71 bits per heavy atom. The molecule has 2 rings (SSSR count). The predicted molar refractivity (Wildman–Crippen MR) is 97.4 cm³/mol. The van der Waals surface area contributed by atoms with E-state index in [4.69, 9.17) is 28.9 Å². The fourth-order valence-corrected chi connectivity index (χ4v) is 2.37. The molecule has 1 heterocycles. The van der Waals surface area contributed by atoms with Gasteiger partial charge in [-0.25, -0.2) is 9.97 Å². The van der Waals surface area contributed by atoms with Crippen LogP contribution in [0.2, 0.25) is 10.0 Å². The lowest BCUT2D eigenvalue weighted by atomic mass is 10.2. The van der Waals surface area contributed by atoms with Gasteiger partial charge in [-0.3, -0.25) is 15.6 Å². The molecule has 128 valence electrons. The van der Waals surface area contributed by atoms with Crippen molar-refractivity contribution in [2.24, 2.45) is 0 Å². The van der Waals surface area contributed by atoms with Gasteiger partial charge in [0.2, 0.25) is 0 Å². The fraction of sp³-hybridized carbons (Fsp3) is 0.267. The van der Waals surface area contributed by atoms with Crippen LogP contribution in [0.15, 0.2) is 24.5 Å². The summed E-state index contributed by atoms with van der Waals surface area (Å²) >= 11 is 11.8. The smallest absolute Gasteiger partial charge is 0.271 e. The molecule has 5 N–H and O–H groups in total. The number of carbonyl (C=O) groups excluding carboxylic acids is 1. The predicted octanol–water partition coefficient (Wildman–Crippen LogP) is 3.33. The van der Waals surface area contributed by atoms with Gasteiger partial charge in [-0.15, -0.1) is 0 Å². The van der Waals surface area contributed by atoms with Crippen LogP contribution in [0.3, 0.4) is 0 Å². The number of halogens is 2. The molecule has 2 aromatic rings. The maximum absolute atomic E-state index is 12.2. The van der Waals surface area contributed by atoms with Crippen molar-refractivity contribution in [1.29, 1.82) is 0 Å². The molecule has 0 atom stereocenters. The summed E-state index contributed by atoms with van der Waals surface area (Å²) in [4.78, 5) is 20.3. The number of hydrazine groups is 1. The van der Waals surface area contributed by atoms with Gasteiger partial charge >= 0.3 is 0 Å². The zero-order valence-electron chi connectivity index (χ0n) is 13.1. The Bertz CT molecular complexity index is 725. The first-order valence-electron chi connectivity index (χ1n) is 7.38. The normalized spacial score (nSPS) is 10.3. The van der Waals surface area contributed by atoms with E-state index in [-0.39, 0.29) is 10.6 Å². The molecule has 0 aliphatic carbocycles. The fourth-order valence-electron chi connectivity index (χ4n) is 1.88. The molecule has 0 bridgehead atoms. The number of benzene rings is 1. The number of nitrogens with two attached hydrogens (primary N) is 1. The maximum Gasteiger partial charge on any atom is 0.271 e. The highest BCUT2D eigenvalue weighted by atomic mass is 35.5. The van der Waals surface area contributed by atoms with Crippen molar-refractivity contribution >= 4 is 46.4 Å². The van der Waals surface area contributed by atoms with Crippen LogP contribution in [0.25, 0.3) is 0 Å². The number of nitrogens with one attached hydrogen (secondary N) is 3. The van der Waals surface area contributed by atoms with Crippen molar-refractivity contribution in [2.75, 3.05) is 23.0 Å². The highest BCUT2D eigenvalue weighted by Gasteiger charge is 2.12. The van der Waals surface area contributed by atoms with E-state index in [1.54, 1.807) is 6.07 Å². The minimum Gasteiger partial charge on any atom is -0.393 e. The summed E-state index contributed by atoms with van der Waals surface area (Å²) in [5, 5.41) is 3.83. The molecule has 24 heavy (non-hydrogen) atoms. The van der Waals surface area contributed by atoms with Gasteiger partial charge in [0.25, 0.3) is 5.91 Å². The molecule has 1 amide bonds. The van der Waals surface area contributed by atoms with E-state index in [0.29, 0.717) is 22.3 Å². The average Bonchev–Trinajstić information content (AvgIpc) is 2.55. The molecule has 1 aromatic carbocycles. The summed E-state index contributed by atoms with van der Waals surface area (Å²) in [6, 6.07) is 4.60. The number of hydrogen-bond donors (Lipinski definition) is 4. The minimum absolute atomic E-state index is 0.249. The topological polar surface area (TPSA) is 105 Å². The molecule has 0 radical (unpaired) electrons. The van der Waals surface area contributed by atoms with Crippen LogP contribution in [0, 0.1) is 0 Å². The third kappa shape index (κ3) is 4.62. The first-order valence-corrected chi connectivity index (χ1v) is 8.14. The van der Waals surface area contributed by atoms with E-state index in [1.165, 1.54) is 18.5 Å². The van der Waals surface area contributed by atoms with Crippen LogP contribution in [-0.4, -0.2) is 22.4 Å². The van der Waals surface area contributed by atoms with E-state index in [1.807, 2.05) is 0 Å². The largest absolute Gasteiger partial charge is 0.393 e. The molecule has 0 unspecified atom stereocenters. The highest BCUT2D eigenvalue weighted by molar-refractivity contribution is 6.36. The number of rotatable bonds is 7. The Morgan fingerprint density at radius 2 is 2.00 bits per heavy atom. The van der Waals surface area contributed by atoms with Gasteiger partial charge in [-0.1, -0.05) is 36.5 Å². The summed E-state index contributed by atoms with van der Waals surface area (Å²) < 4.78 is 0. The number of aromatic nitrogens is 2. The minimum atomic E-state index is -0.435. The molecule has 0 saturated heterocycles. The van der Waals surface area contributed by atoms with Gasteiger partial charge in [-0.05, 0) is 24.6 Å². The summed E-state index contributed by atoms with van der Waals surface area (Å²) in [5.41, 5.74) is 11.8. The number of nitrogens with zero attached hydrogens (tertiary/aromatic N) is 2. The van der Waals surface area contributed by atoms with E-state index < -0.39 is 5.91 Å². The molecular formula is C15H18Cl2N6O. The number of nitrogen functional groups attached to an aromatic ring is 1. The SMILES string of the molecule is CCCCNc1ncnc(NNC(=O)c2ccc(Cl)cc2Cl)c1N. The molecule has 0 spiro atoms. The second-order valence-electron chi connectivity index (χ2n) is 4.97. The van der Waals surface area contributed by atoms with Gasteiger partial charge in [0.1, 0.15) is 12.0 Å². The first-order chi connectivity index (χ1) is 11.5. The summed E-state index contributed by atoms with van der Waals surface area (Å²) in [6.45, 7) is 2.85. The molecule has 1 aromatic heterocycles. The second-order valence-corrected chi connectivity index (χ2v) is 5.81. The third-order valence-corrected chi connectivity index (χ3v) is 3.72. The summed E-state index contributed by atoms with van der Waals surface area (Å²) in [5.74, 6) is 0.373. The standard InChI is InChI=1S/C15H18Cl2N6O/c1-2-3-6-19-13-12(18)14(21-8-20-13)22-23-15(24)10-5-4-9(16)7-11(10)17/h4-5,7-8H,2-3,6,18H2,1H3,(H,23,24)(H2,19,20,21,22). The van der Waals surface area contributed by atoms with Crippen LogP contribution in [0.4, 0.5) is 17.3 Å². The number of hydrogen-bond acceptors (Lipinski definition) is 6. The first kappa shape index (κ1) is 18.1. The summed E-state index contributed by atoms with van der Waals surface area (Å²) in [6.07, 6.45) is 3.41. The number of anilines is 3. The lowest BCUT2D eigenvalue weighted by molar-refractivity contribution is 0.0962. The maximum atomic E-state index is 12.2. The van der Waals surface area contributed by atoms with E-state index in [9.17, 15) is 4.79 Å². The third-order valence-electron chi connectivity index (χ3n) is 3.18. The lowest BCUT2D eigenvalue weighted by Gasteiger charge is -2.13. The Hall–Kier alpha value is -2.25. The van der Waals surface area contributed by atoms with Crippen LogP contribution in [0.1, 0.15) is 30.1 Å². The Labute approximate surface area is 149 Å². The highest BCUT2D eigenvalue weighted by Crippen LogP contribution is 2.23. The van der Waals surface area contributed by atoms with Crippen molar-refractivity contribution in [2.45, 2.75) is 19.8 Å². The Balaban J connectivity index is 2.03. The van der Waals surface area contributed by atoms with Crippen molar-refractivity contribution in [3.05, 3.63) is 40.1 Å². The van der Waals surface area contributed by atoms with Crippen molar-refractivity contribution in [1.82, 2.24) is 15.4 Å². The van der Waals surface area contributed by atoms with Crippen LogP contribution < -0.4 is 21.9 Å². The molecule has 7 nitrogen and oxygen atoms in total. The van der Waals surface area contributed by atoms with Crippen LogP contribution in [-0.2, 0) is 0 Å². The molecular weight excluding hydrogens is 351 g/mol. The monoisotopic (exact) mass is 368 g/mol. The zero-order valence-corrected chi connectivity index (χ0v) is 14.6. The number of carbonyl (C=O) groups is 1. The molecule has 9 heteroatoms. The molecule has 0 aliphatic heterocycles. The van der Waals surface area contributed by atoms with Crippen molar-refractivity contribution in [3.8, 4) is 0 Å². The van der Waals surface area contributed by atoms with Gasteiger partial charge in [0.15, 0.2) is 11.6 Å². The zero-order chi connectivity index (χ0) is 17.5. The summed E-state index contributed by atoms with van der Waals surface area (Å²) in [7, 11) is 0. The lowest BCUT2D eigenvalue weighted by Crippen LogP contribution is -2.30. The average molecular weight is 369 g/mol. The van der Waals surface area contributed by atoms with E-state index in [0.717, 1.165) is 19.4 Å². The van der Waals surface area contributed by atoms with Gasteiger partial charge < -0.3 is 11.1 Å². The van der Waals surface area contributed by atoms with Crippen LogP contribution in [0.5, 0.6) is 0 Å². The Morgan fingerprint density at radius 1 is 1.25 bits per heavy atom. The Kier molecular flexibility index (Phi) is 6.45. The molecule has 0 aliphatic rings. The van der Waals surface area contributed by atoms with E-state index >= 15 is 0 Å². The van der Waals surface area contributed by atoms with Gasteiger partial charge in [0, 0.05) is 11.6 Å². The van der Waals surface area contributed by atoms with E-state index in [2.05, 4.69) is 33.1 Å².